The summed E-state index contributed by atoms with van der Waals surface area (Å²) in [5.74, 6) is 0.152. The molecule has 0 spiro atoms. The fourth-order valence-electron chi connectivity index (χ4n) is 2.24. The first-order valence-corrected chi connectivity index (χ1v) is 8.85. The van der Waals surface area contributed by atoms with E-state index in [2.05, 4.69) is 5.32 Å². The van der Waals surface area contributed by atoms with Crippen LogP contribution in [-0.2, 0) is 4.74 Å². The van der Waals surface area contributed by atoms with Gasteiger partial charge in [0, 0.05) is 11.3 Å². The summed E-state index contributed by atoms with van der Waals surface area (Å²) >= 11 is 0. The van der Waals surface area contributed by atoms with Crippen LogP contribution in [0.2, 0.25) is 0 Å². The molecule has 5 nitrogen and oxygen atoms in total. The lowest BCUT2D eigenvalue weighted by atomic mass is 10.1. The van der Waals surface area contributed by atoms with Gasteiger partial charge in [0.1, 0.15) is 5.75 Å². The standard InChI is InChI=1S/C21H25NO4/c1-4-5-14-25-21(24)17-6-10-18(11-7-17)22-20(23)16-8-12-19(13-9-16)26-15(2)3/h6-13,15H,4-5,14H2,1-3H3,(H,22,23). The number of benzene rings is 2. The van der Waals surface area contributed by atoms with Gasteiger partial charge in [0.25, 0.3) is 5.91 Å². The van der Waals surface area contributed by atoms with Gasteiger partial charge in [-0.05, 0) is 68.8 Å². The van der Waals surface area contributed by atoms with Crippen LogP contribution in [0.1, 0.15) is 54.3 Å². The first kappa shape index (κ1) is 19.5. The fraction of sp³-hybridized carbons (Fsp3) is 0.333. The van der Waals surface area contributed by atoms with E-state index in [1.165, 1.54) is 0 Å². The molecule has 0 atom stereocenters. The summed E-state index contributed by atoms with van der Waals surface area (Å²) in [7, 11) is 0. The van der Waals surface area contributed by atoms with Crippen molar-refractivity contribution in [3.8, 4) is 5.75 Å². The van der Waals surface area contributed by atoms with Crippen LogP contribution < -0.4 is 10.1 Å². The van der Waals surface area contributed by atoms with Gasteiger partial charge < -0.3 is 14.8 Å². The number of carbonyl (C=O) groups excluding carboxylic acids is 2. The van der Waals surface area contributed by atoms with Crippen molar-refractivity contribution in [2.45, 2.75) is 39.7 Å². The molecule has 2 aromatic carbocycles. The number of amides is 1. The number of anilines is 1. The molecule has 26 heavy (non-hydrogen) atoms. The largest absolute Gasteiger partial charge is 0.491 e. The molecule has 0 radical (unpaired) electrons. The predicted molar refractivity (Wildman–Crippen MR) is 102 cm³/mol. The van der Waals surface area contributed by atoms with Gasteiger partial charge >= 0.3 is 5.97 Å². The van der Waals surface area contributed by atoms with Crippen LogP contribution in [0.25, 0.3) is 0 Å². The van der Waals surface area contributed by atoms with Gasteiger partial charge in [-0.3, -0.25) is 4.79 Å². The highest BCUT2D eigenvalue weighted by atomic mass is 16.5. The molecule has 1 N–H and O–H groups in total. The Morgan fingerprint density at radius 1 is 0.962 bits per heavy atom. The quantitative estimate of drug-likeness (QED) is 0.551. The molecule has 0 saturated carbocycles. The lowest BCUT2D eigenvalue weighted by Crippen LogP contribution is -2.12. The van der Waals surface area contributed by atoms with Gasteiger partial charge in [0.2, 0.25) is 0 Å². The maximum absolute atomic E-state index is 12.3. The summed E-state index contributed by atoms with van der Waals surface area (Å²) in [5, 5.41) is 2.81. The van der Waals surface area contributed by atoms with E-state index in [9.17, 15) is 9.59 Å². The molecule has 1 amide bonds. The Kier molecular flexibility index (Phi) is 7.21. The number of hydrogen-bond donors (Lipinski definition) is 1. The molecule has 2 aromatic rings. The summed E-state index contributed by atoms with van der Waals surface area (Å²) in [6.07, 6.45) is 1.91. The van der Waals surface area contributed by atoms with Crippen molar-refractivity contribution >= 4 is 17.6 Å². The van der Waals surface area contributed by atoms with Crippen molar-refractivity contribution < 1.29 is 19.1 Å². The highest BCUT2D eigenvalue weighted by molar-refractivity contribution is 6.04. The number of nitrogens with one attached hydrogen (secondary N) is 1. The number of unbranched alkanes of at least 4 members (excludes halogenated alkanes) is 1. The maximum atomic E-state index is 12.3. The van der Waals surface area contributed by atoms with Crippen LogP contribution in [0.4, 0.5) is 5.69 Å². The zero-order chi connectivity index (χ0) is 18.9. The third kappa shape index (κ3) is 5.92. The number of ether oxygens (including phenoxy) is 2. The van der Waals surface area contributed by atoms with Crippen LogP contribution in [0.15, 0.2) is 48.5 Å². The Hall–Kier alpha value is -2.82. The van der Waals surface area contributed by atoms with E-state index in [1.807, 2.05) is 20.8 Å². The van der Waals surface area contributed by atoms with Crippen molar-refractivity contribution in [3.63, 3.8) is 0 Å². The molecule has 0 bridgehead atoms. The molecule has 0 aliphatic heterocycles. The summed E-state index contributed by atoms with van der Waals surface area (Å²) in [4.78, 5) is 24.2. The number of carbonyl (C=O) groups is 2. The van der Waals surface area contributed by atoms with E-state index in [1.54, 1.807) is 48.5 Å². The maximum Gasteiger partial charge on any atom is 0.338 e. The lowest BCUT2D eigenvalue weighted by molar-refractivity contribution is 0.0499. The first-order valence-electron chi connectivity index (χ1n) is 8.85. The normalized spacial score (nSPS) is 10.5. The smallest absolute Gasteiger partial charge is 0.338 e. The highest BCUT2D eigenvalue weighted by Crippen LogP contribution is 2.16. The molecular weight excluding hydrogens is 330 g/mol. The second-order valence-corrected chi connectivity index (χ2v) is 6.21. The van der Waals surface area contributed by atoms with Gasteiger partial charge in [-0.25, -0.2) is 4.79 Å². The van der Waals surface area contributed by atoms with Crippen LogP contribution in [0.3, 0.4) is 0 Å². The first-order chi connectivity index (χ1) is 12.5. The molecule has 0 heterocycles. The number of rotatable bonds is 8. The van der Waals surface area contributed by atoms with Gasteiger partial charge in [-0.1, -0.05) is 13.3 Å². The average Bonchev–Trinajstić information content (AvgIpc) is 2.62. The monoisotopic (exact) mass is 355 g/mol. The second-order valence-electron chi connectivity index (χ2n) is 6.21. The number of hydrogen-bond acceptors (Lipinski definition) is 4. The van der Waals surface area contributed by atoms with Gasteiger partial charge in [0.05, 0.1) is 18.3 Å². The van der Waals surface area contributed by atoms with Crippen molar-refractivity contribution in [2.75, 3.05) is 11.9 Å². The Morgan fingerprint density at radius 2 is 1.58 bits per heavy atom. The summed E-state index contributed by atoms with van der Waals surface area (Å²) in [6, 6.07) is 13.6. The van der Waals surface area contributed by atoms with Crippen LogP contribution in [0, 0.1) is 0 Å². The average molecular weight is 355 g/mol. The zero-order valence-corrected chi connectivity index (χ0v) is 15.5. The van der Waals surface area contributed by atoms with Gasteiger partial charge in [-0.2, -0.15) is 0 Å². The zero-order valence-electron chi connectivity index (χ0n) is 15.5. The van der Waals surface area contributed by atoms with Crippen molar-refractivity contribution in [3.05, 3.63) is 59.7 Å². The van der Waals surface area contributed by atoms with E-state index in [4.69, 9.17) is 9.47 Å². The van der Waals surface area contributed by atoms with E-state index < -0.39 is 0 Å². The van der Waals surface area contributed by atoms with Crippen molar-refractivity contribution in [1.82, 2.24) is 0 Å². The van der Waals surface area contributed by atoms with Gasteiger partial charge in [0.15, 0.2) is 0 Å². The topological polar surface area (TPSA) is 64.6 Å². The van der Waals surface area contributed by atoms with E-state index in [0.29, 0.717) is 23.4 Å². The minimum atomic E-state index is -0.350. The second kappa shape index (κ2) is 9.61. The van der Waals surface area contributed by atoms with Crippen molar-refractivity contribution in [2.24, 2.45) is 0 Å². The molecule has 0 fully saturated rings. The summed E-state index contributed by atoms with van der Waals surface area (Å²) in [6.45, 7) is 6.36. The molecule has 0 aliphatic rings. The van der Waals surface area contributed by atoms with Crippen molar-refractivity contribution in [1.29, 1.82) is 0 Å². The SMILES string of the molecule is CCCCOC(=O)c1ccc(NC(=O)c2ccc(OC(C)C)cc2)cc1. The highest BCUT2D eigenvalue weighted by Gasteiger charge is 2.09. The Balaban J connectivity index is 1.93. The van der Waals surface area contributed by atoms with Crippen LogP contribution >= 0.6 is 0 Å². The molecule has 0 aliphatic carbocycles. The number of esters is 1. The molecule has 2 rings (SSSR count). The van der Waals surface area contributed by atoms with Gasteiger partial charge in [-0.15, -0.1) is 0 Å². The van der Waals surface area contributed by atoms with E-state index >= 15 is 0 Å². The minimum Gasteiger partial charge on any atom is -0.491 e. The fourth-order valence-corrected chi connectivity index (χ4v) is 2.24. The molecule has 0 saturated heterocycles. The Morgan fingerprint density at radius 3 is 2.15 bits per heavy atom. The molecule has 138 valence electrons. The van der Waals surface area contributed by atoms with Crippen LogP contribution in [-0.4, -0.2) is 24.6 Å². The third-order valence-electron chi connectivity index (χ3n) is 3.60. The third-order valence-corrected chi connectivity index (χ3v) is 3.60. The molecule has 0 aromatic heterocycles. The Bertz CT molecular complexity index is 721. The lowest BCUT2D eigenvalue weighted by Gasteiger charge is -2.10. The molecule has 5 heteroatoms. The van der Waals surface area contributed by atoms with E-state index in [0.717, 1.165) is 18.6 Å². The molecule has 0 unspecified atom stereocenters. The Labute approximate surface area is 154 Å². The molecular formula is C21H25NO4. The summed E-state index contributed by atoms with van der Waals surface area (Å²) in [5.41, 5.74) is 1.61. The predicted octanol–water partition coefficient (Wildman–Crippen LogP) is 4.68. The van der Waals surface area contributed by atoms with Crippen LogP contribution in [0.5, 0.6) is 5.75 Å². The van der Waals surface area contributed by atoms with E-state index in [-0.39, 0.29) is 18.0 Å². The summed E-state index contributed by atoms with van der Waals surface area (Å²) < 4.78 is 10.7. The minimum absolute atomic E-state index is 0.0850.